The molecule has 1 atom stereocenters. The zero-order chi connectivity index (χ0) is 20.7. The van der Waals surface area contributed by atoms with Crippen LogP contribution in [-0.4, -0.2) is 36.7 Å². The highest BCUT2D eigenvalue weighted by Gasteiger charge is 2.19. The van der Waals surface area contributed by atoms with Gasteiger partial charge in [0.2, 0.25) is 5.91 Å². The minimum Gasteiger partial charge on any atom is -0.449 e. The van der Waals surface area contributed by atoms with Crippen LogP contribution in [0.1, 0.15) is 38.8 Å². The van der Waals surface area contributed by atoms with Crippen molar-refractivity contribution in [2.75, 3.05) is 11.9 Å². The molecule has 7 heteroatoms. The molecule has 0 radical (unpaired) electrons. The number of amides is 2. The van der Waals surface area contributed by atoms with Gasteiger partial charge in [0.15, 0.2) is 6.10 Å². The van der Waals surface area contributed by atoms with E-state index in [-0.39, 0.29) is 18.0 Å². The van der Waals surface area contributed by atoms with Crippen LogP contribution in [0.25, 0.3) is 0 Å². The number of benzene rings is 2. The molecule has 0 aliphatic heterocycles. The number of para-hydroxylation sites is 1. The van der Waals surface area contributed by atoms with E-state index in [9.17, 15) is 19.2 Å². The molecule has 0 fully saturated rings. The number of hydrogen-bond acceptors (Lipinski definition) is 5. The number of anilines is 1. The molecule has 2 N–H and O–H groups in total. The Morgan fingerprint density at radius 3 is 2.21 bits per heavy atom. The molecule has 0 spiro atoms. The lowest BCUT2D eigenvalue weighted by Crippen LogP contribution is -2.40. The van der Waals surface area contributed by atoms with Crippen molar-refractivity contribution in [1.29, 1.82) is 0 Å². The van der Waals surface area contributed by atoms with Crippen LogP contribution in [0.3, 0.4) is 0 Å². The van der Waals surface area contributed by atoms with Gasteiger partial charge in [-0.1, -0.05) is 30.3 Å². The number of aldehydes is 1. The summed E-state index contributed by atoms with van der Waals surface area (Å²) in [7, 11) is 0. The molecule has 0 heterocycles. The fraction of sp³-hybridized carbons (Fsp3) is 0.238. The largest absolute Gasteiger partial charge is 0.449 e. The summed E-state index contributed by atoms with van der Waals surface area (Å²) < 4.78 is 5.09. The molecule has 0 aromatic heterocycles. The van der Waals surface area contributed by atoms with E-state index >= 15 is 0 Å². The first-order valence-electron chi connectivity index (χ1n) is 8.72. The summed E-state index contributed by atoms with van der Waals surface area (Å²) in [5.74, 6) is -1.66. The lowest BCUT2D eigenvalue weighted by molar-refractivity contribution is -0.130. The Kier molecular flexibility index (Phi) is 7.03. The van der Waals surface area contributed by atoms with E-state index in [1.54, 1.807) is 0 Å². The molecule has 28 heavy (non-hydrogen) atoms. The number of carbonyl (C=O) groups excluding carboxylic acids is 4. The molecule has 0 bridgehead atoms. The van der Waals surface area contributed by atoms with Crippen LogP contribution >= 0.6 is 0 Å². The quantitative estimate of drug-likeness (QED) is 0.566. The monoisotopic (exact) mass is 382 g/mol. The molecule has 0 saturated heterocycles. The van der Waals surface area contributed by atoms with Crippen LogP contribution in [0.4, 0.5) is 5.69 Å². The standard InChI is InChI=1S/C21H22N2O5/c1-13-5-4-6-14(2)19(13)23-18(25)11-22-20(26)15(3)28-21(27)17-9-7-16(12-24)8-10-17/h4-10,12,15H,11H2,1-3H3,(H,22,26)(H,23,25). The van der Waals surface area contributed by atoms with E-state index < -0.39 is 18.0 Å². The van der Waals surface area contributed by atoms with Gasteiger partial charge in [-0.2, -0.15) is 0 Å². The zero-order valence-corrected chi connectivity index (χ0v) is 15.9. The molecule has 0 saturated carbocycles. The third-order valence-corrected chi connectivity index (χ3v) is 4.10. The van der Waals surface area contributed by atoms with Crippen LogP contribution in [-0.2, 0) is 14.3 Å². The number of esters is 1. The molecule has 7 nitrogen and oxygen atoms in total. The van der Waals surface area contributed by atoms with Gasteiger partial charge in [0.25, 0.3) is 5.91 Å². The summed E-state index contributed by atoms with van der Waals surface area (Å²) in [6, 6.07) is 11.5. The van der Waals surface area contributed by atoms with Crippen LogP contribution in [0.2, 0.25) is 0 Å². The number of nitrogens with one attached hydrogen (secondary N) is 2. The van der Waals surface area contributed by atoms with Gasteiger partial charge in [-0.3, -0.25) is 14.4 Å². The predicted octanol–water partition coefficient (Wildman–Crippen LogP) is 2.42. The fourth-order valence-corrected chi connectivity index (χ4v) is 2.49. The Bertz CT molecular complexity index is 870. The molecule has 2 aromatic rings. The Morgan fingerprint density at radius 2 is 1.64 bits per heavy atom. The second-order valence-electron chi connectivity index (χ2n) is 6.32. The van der Waals surface area contributed by atoms with Gasteiger partial charge in [0.1, 0.15) is 6.29 Å². The lowest BCUT2D eigenvalue weighted by atomic mass is 10.1. The maximum absolute atomic E-state index is 12.1. The van der Waals surface area contributed by atoms with Gasteiger partial charge in [-0.05, 0) is 44.0 Å². The zero-order valence-electron chi connectivity index (χ0n) is 15.9. The smallest absolute Gasteiger partial charge is 0.338 e. The third kappa shape index (κ3) is 5.51. The van der Waals surface area contributed by atoms with Gasteiger partial charge in [-0.25, -0.2) is 4.79 Å². The van der Waals surface area contributed by atoms with Gasteiger partial charge in [0, 0.05) is 11.3 Å². The molecule has 146 valence electrons. The van der Waals surface area contributed by atoms with E-state index in [0.29, 0.717) is 17.5 Å². The normalized spacial score (nSPS) is 11.2. The van der Waals surface area contributed by atoms with Crippen LogP contribution in [0.15, 0.2) is 42.5 Å². The van der Waals surface area contributed by atoms with Crippen molar-refractivity contribution in [3.63, 3.8) is 0 Å². The van der Waals surface area contributed by atoms with E-state index in [4.69, 9.17) is 4.74 Å². The summed E-state index contributed by atoms with van der Waals surface area (Å²) in [5.41, 5.74) is 3.19. The van der Waals surface area contributed by atoms with Crippen molar-refractivity contribution in [3.05, 3.63) is 64.7 Å². The van der Waals surface area contributed by atoms with Crippen molar-refractivity contribution < 1.29 is 23.9 Å². The summed E-state index contributed by atoms with van der Waals surface area (Å²) in [5, 5.41) is 5.20. The Labute approximate surface area is 163 Å². The number of rotatable bonds is 7. The highest BCUT2D eigenvalue weighted by Crippen LogP contribution is 2.19. The molecular weight excluding hydrogens is 360 g/mol. The Hall–Kier alpha value is -3.48. The molecule has 1 unspecified atom stereocenters. The second kappa shape index (κ2) is 9.45. The Balaban J connectivity index is 1.85. The number of hydrogen-bond donors (Lipinski definition) is 2. The topological polar surface area (TPSA) is 102 Å². The predicted molar refractivity (Wildman–Crippen MR) is 104 cm³/mol. The van der Waals surface area contributed by atoms with Crippen molar-refractivity contribution in [3.8, 4) is 0 Å². The first-order valence-corrected chi connectivity index (χ1v) is 8.72. The fourth-order valence-electron chi connectivity index (χ4n) is 2.49. The van der Waals surface area contributed by atoms with Crippen LogP contribution in [0.5, 0.6) is 0 Å². The summed E-state index contributed by atoms with van der Waals surface area (Å²) in [4.78, 5) is 46.8. The van der Waals surface area contributed by atoms with Crippen molar-refractivity contribution in [2.24, 2.45) is 0 Å². The molecule has 2 aromatic carbocycles. The molecule has 0 aliphatic rings. The first kappa shape index (κ1) is 20.8. The SMILES string of the molecule is Cc1cccc(C)c1NC(=O)CNC(=O)C(C)OC(=O)c1ccc(C=O)cc1. The first-order chi connectivity index (χ1) is 13.3. The van der Waals surface area contributed by atoms with Crippen LogP contribution < -0.4 is 10.6 Å². The number of carbonyl (C=O) groups is 4. The summed E-state index contributed by atoms with van der Waals surface area (Å²) in [6.45, 7) is 4.92. The van der Waals surface area contributed by atoms with Gasteiger partial charge in [0.05, 0.1) is 12.1 Å². The molecular formula is C21H22N2O5. The van der Waals surface area contributed by atoms with Crippen molar-refractivity contribution >= 4 is 29.8 Å². The average molecular weight is 382 g/mol. The van der Waals surface area contributed by atoms with E-state index in [1.807, 2.05) is 32.0 Å². The lowest BCUT2D eigenvalue weighted by Gasteiger charge is -2.15. The highest BCUT2D eigenvalue weighted by molar-refractivity contribution is 5.97. The van der Waals surface area contributed by atoms with E-state index in [1.165, 1.54) is 31.2 Å². The van der Waals surface area contributed by atoms with E-state index in [0.717, 1.165) is 11.1 Å². The molecule has 2 rings (SSSR count). The summed E-state index contributed by atoms with van der Waals surface area (Å²) in [6.07, 6.45) is -0.416. The maximum Gasteiger partial charge on any atom is 0.338 e. The van der Waals surface area contributed by atoms with E-state index in [2.05, 4.69) is 10.6 Å². The molecule has 0 aliphatic carbocycles. The third-order valence-electron chi connectivity index (χ3n) is 4.10. The average Bonchev–Trinajstić information content (AvgIpc) is 2.69. The second-order valence-corrected chi connectivity index (χ2v) is 6.32. The van der Waals surface area contributed by atoms with Crippen molar-refractivity contribution in [1.82, 2.24) is 5.32 Å². The van der Waals surface area contributed by atoms with Crippen molar-refractivity contribution in [2.45, 2.75) is 26.9 Å². The van der Waals surface area contributed by atoms with Gasteiger partial charge >= 0.3 is 5.97 Å². The summed E-state index contributed by atoms with van der Waals surface area (Å²) >= 11 is 0. The van der Waals surface area contributed by atoms with Gasteiger partial charge in [-0.15, -0.1) is 0 Å². The van der Waals surface area contributed by atoms with Gasteiger partial charge < -0.3 is 15.4 Å². The Morgan fingerprint density at radius 1 is 1.04 bits per heavy atom. The minimum atomic E-state index is -1.08. The van der Waals surface area contributed by atoms with Crippen LogP contribution in [0, 0.1) is 13.8 Å². The number of ether oxygens (including phenoxy) is 1. The highest BCUT2D eigenvalue weighted by atomic mass is 16.5. The minimum absolute atomic E-state index is 0.220. The number of aryl methyl sites for hydroxylation is 2. The molecule has 2 amide bonds. The maximum atomic E-state index is 12.1.